The van der Waals surface area contributed by atoms with Crippen LogP contribution in [0.15, 0.2) is 60.8 Å². The van der Waals surface area contributed by atoms with Crippen LogP contribution in [0.5, 0.6) is 0 Å². The van der Waals surface area contributed by atoms with Crippen molar-refractivity contribution in [3.63, 3.8) is 0 Å². The van der Waals surface area contributed by atoms with Gasteiger partial charge in [0.2, 0.25) is 0 Å². The largest absolute Gasteiger partial charge is 0.338 e. The number of fused-ring (bicyclic) bond motifs is 1. The smallest absolute Gasteiger partial charge is 0.141 e. The lowest BCUT2D eigenvalue weighted by atomic mass is 10.1. The maximum absolute atomic E-state index is 14.0. The Morgan fingerprint density at radius 1 is 1.00 bits per heavy atom. The number of nitrogens with one attached hydrogen (secondary N) is 1. The van der Waals surface area contributed by atoms with Crippen molar-refractivity contribution in [1.82, 2.24) is 15.0 Å². The van der Waals surface area contributed by atoms with Gasteiger partial charge in [0.05, 0.1) is 16.8 Å². The second-order valence-corrected chi connectivity index (χ2v) is 5.96. The predicted molar refractivity (Wildman–Crippen MR) is 93.5 cm³/mol. The number of rotatable bonds is 3. The molecule has 0 aliphatic carbocycles. The average Bonchev–Trinajstić information content (AvgIpc) is 3.02. The molecule has 2 aromatic carbocycles. The highest BCUT2D eigenvalue weighted by atomic mass is 35.5. The minimum absolute atomic E-state index is 0.302. The first kappa shape index (κ1) is 14.8. The van der Waals surface area contributed by atoms with Gasteiger partial charge in [-0.3, -0.25) is 4.98 Å². The summed E-state index contributed by atoms with van der Waals surface area (Å²) in [6.45, 7) is 0. The van der Waals surface area contributed by atoms with Crippen molar-refractivity contribution in [2.24, 2.45) is 0 Å². The molecule has 4 aromatic rings. The van der Waals surface area contributed by atoms with Crippen molar-refractivity contribution in [2.75, 3.05) is 0 Å². The molecule has 0 fully saturated rings. The zero-order chi connectivity index (χ0) is 16.5. The number of benzene rings is 2. The summed E-state index contributed by atoms with van der Waals surface area (Å²) in [5.74, 6) is 0.206. The number of aromatic nitrogens is 3. The highest BCUT2D eigenvalue weighted by molar-refractivity contribution is 6.30. The molecule has 0 saturated carbocycles. The molecular weight excluding hydrogens is 325 g/mol. The van der Waals surface area contributed by atoms with Gasteiger partial charge >= 0.3 is 0 Å². The Morgan fingerprint density at radius 3 is 2.58 bits per heavy atom. The molecule has 0 aliphatic heterocycles. The normalized spacial score (nSPS) is 11.1. The molecule has 0 bridgehead atoms. The van der Waals surface area contributed by atoms with Crippen LogP contribution in [0.3, 0.4) is 0 Å². The molecular formula is C19H13ClFN3. The fraction of sp³-hybridized carbons (Fsp3) is 0.0526. The lowest BCUT2D eigenvalue weighted by Crippen LogP contribution is -1.93. The molecule has 4 rings (SSSR count). The molecule has 2 aromatic heterocycles. The number of halogens is 2. The van der Waals surface area contributed by atoms with Gasteiger partial charge in [-0.1, -0.05) is 35.9 Å². The van der Waals surface area contributed by atoms with E-state index in [1.54, 1.807) is 24.4 Å². The first-order valence-corrected chi connectivity index (χ1v) is 7.91. The number of pyridine rings is 1. The third kappa shape index (κ3) is 2.76. The second-order valence-electron chi connectivity index (χ2n) is 5.52. The number of H-pyrrole nitrogens is 1. The van der Waals surface area contributed by atoms with E-state index in [2.05, 4.69) is 15.0 Å². The summed E-state index contributed by atoms with van der Waals surface area (Å²) in [5.41, 5.74) is 3.98. The number of nitrogens with zero attached hydrogens (tertiary/aromatic N) is 2. The third-order valence-corrected chi connectivity index (χ3v) is 4.14. The average molecular weight is 338 g/mol. The predicted octanol–water partition coefficient (Wildman–Crippen LogP) is 5.01. The van der Waals surface area contributed by atoms with Crippen LogP contribution in [0.25, 0.3) is 22.4 Å². The fourth-order valence-electron chi connectivity index (χ4n) is 2.70. The van der Waals surface area contributed by atoms with Crippen LogP contribution >= 0.6 is 11.6 Å². The van der Waals surface area contributed by atoms with E-state index in [-0.39, 0.29) is 5.82 Å². The molecule has 0 unspecified atom stereocenters. The van der Waals surface area contributed by atoms with Crippen LogP contribution in [0.4, 0.5) is 4.39 Å². The van der Waals surface area contributed by atoms with Gasteiger partial charge < -0.3 is 4.98 Å². The van der Waals surface area contributed by atoms with Gasteiger partial charge in [0.15, 0.2) is 0 Å². The van der Waals surface area contributed by atoms with Gasteiger partial charge in [0, 0.05) is 17.6 Å². The third-order valence-electron chi connectivity index (χ3n) is 3.89. The van der Waals surface area contributed by atoms with Crippen LogP contribution in [0.2, 0.25) is 5.02 Å². The quantitative estimate of drug-likeness (QED) is 0.571. The SMILES string of the molecule is Fc1ccccc1-c1nc2c(Cc3ccc(Cl)cc3)nccc2[nH]1. The van der Waals surface area contributed by atoms with Crippen LogP contribution in [0, 0.1) is 5.82 Å². The summed E-state index contributed by atoms with van der Waals surface area (Å²) in [5, 5.41) is 0.700. The topological polar surface area (TPSA) is 41.6 Å². The van der Waals surface area contributed by atoms with Crippen molar-refractivity contribution in [3.8, 4) is 11.4 Å². The Hall–Kier alpha value is -2.72. The molecule has 5 heteroatoms. The first-order valence-electron chi connectivity index (χ1n) is 7.53. The van der Waals surface area contributed by atoms with Gasteiger partial charge in [-0.15, -0.1) is 0 Å². The van der Waals surface area contributed by atoms with Gasteiger partial charge in [0.25, 0.3) is 0 Å². The number of imidazole rings is 1. The molecule has 0 radical (unpaired) electrons. The molecule has 0 aliphatic rings. The van der Waals surface area contributed by atoms with Crippen molar-refractivity contribution in [1.29, 1.82) is 0 Å². The summed E-state index contributed by atoms with van der Waals surface area (Å²) in [4.78, 5) is 12.2. The fourth-order valence-corrected chi connectivity index (χ4v) is 2.82. The standard InChI is InChI=1S/C19H13ClFN3/c20-13-7-5-12(6-8-13)11-17-18-16(9-10-22-17)23-19(24-18)14-3-1-2-4-15(14)21/h1-10H,11H2,(H,23,24). The molecule has 1 N–H and O–H groups in total. The molecule has 118 valence electrons. The van der Waals surface area contributed by atoms with E-state index in [1.807, 2.05) is 30.3 Å². The monoisotopic (exact) mass is 337 g/mol. The van der Waals surface area contributed by atoms with E-state index < -0.39 is 0 Å². The number of hydrogen-bond donors (Lipinski definition) is 1. The minimum atomic E-state index is -0.302. The second kappa shape index (κ2) is 6.06. The van der Waals surface area contributed by atoms with Crippen molar-refractivity contribution in [3.05, 3.63) is 82.9 Å². The first-order chi connectivity index (χ1) is 11.7. The van der Waals surface area contributed by atoms with Crippen molar-refractivity contribution < 1.29 is 4.39 Å². The molecule has 3 nitrogen and oxygen atoms in total. The van der Waals surface area contributed by atoms with Crippen molar-refractivity contribution >= 4 is 22.6 Å². The van der Waals surface area contributed by atoms with E-state index in [1.165, 1.54) is 6.07 Å². The lowest BCUT2D eigenvalue weighted by Gasteiger charge is -2.02. The maximum atomic E-state index is 14.0. The molecule has 0 saturated heterocycles. The highest BCUT2D eigenvalue weighted by Gasteiger charge is 2.13. The van der Waals surface area contributed by atoms with E-state index >= 15 is 0 Å². The molecule has 0 spiro atoms. The molecule has 24 heavy (non-hydrogen) atoms. The van der Waals surface area contributed by atoms with E-state index in [4.69, 9.17) is 11.6 Å². The number of aromatic amines is 1. The summed E-state index contributed by atoms with van der Waals surface area (Å²) in [6, 6.07) is 16.1. The lowest BCUT2D eigenvalue weighted by molar-refractivity contribution is 0.630. The minimum Gasteiger partial charge on any atom is -0.338 e. The van der Waals surface area contributed by atoms with Crippen LogP contribution in [-0.2, 0) is 6.42 Å². The van der Waals surface area contributed by atoms with Crippen molar-refractivity contribution in [2.45, 2.75) is 6.42 Å². The van der Waals surface area contributed by atoms with Crippen LogP contribution in [0.1, 0.15) is 11.3 Å². The van der Waals surface area contributed by atoms with Gasteiger partial charge in [-0.25, -0.2) is 9.37 Å². The molecule has 0 amide bonds. The Labute approximate surface area is 143 Å². The summed E-state index contributed by atoms with van der Waals surface area (Å²) in [7, 11) is 0. The number of hydrogen-bond acceptors (Lipinski definition) is 2. The van der Waals surface area contributed by atoms with E-state index in [9.17, 15) is 4.39 Å². The maximum Gasteiger partial charge on any atom is 0.141 e. The zero-order valence-corrected chi connectivity index (χ0v) is 13.4. The Balaban J connectivity index is 1.77. The Morgan fingerprint density at radius 2 is 1.79 bits per heavy atom. The summed E-state index contributed by atoms with van der Waals surface area (Å²) < 4.78 is 14.0. The molecule has 2 heterocycles. The van der Waals surface area contributed by atoms with Crippen LogP contribution in [-0.4, -0.2) is 15.0 Å². The highest BCUT2D eigenvalue weighted by Crippen LogP contribution is 2.25. The summed E-state index contributed by atoms with van der Waals surface area (Å²) >= 11 is 5.93. The van der Waals surface area contributed by atoms with Crippen LogP contribution < -0.4 is 0 Å². The van der Waals surface area contributed by atoms with E-state index in [0.717, 1.165) is 22.3 Å². The van der Waals surface area contributed by atoms with E-state index in [0.29, 0.717) is 22.8 Å². The Bertz CT molecular complexity index is 1010. The Kier molecular flexibility index (Phi) is 3.75. The van der Waals surface area contributed by atoms with Gasteiger partial charge in [-0.05, 0) is 35.9 Å². The molecule has 0 atom stereocenters. The zero-order valence-electron chi connectivity index (χ0n) is 12.6. The van der Waals surface area contributed by atoms with Gasteiger partial charge in [-0.2, -0.15) is 0 Å². The summed E-state index contributed by atoms with van der Waals surface area (Å²) in [6.07, 6.45) is 2.37. The van der Waals surface area contributed by atoms with Gasteiger partial charge in [0.1, 0.15) is 17.2 Å².